The van der Waals surface area contributed by atoms with Gasteiger partial charge in [-0.05, 0) is 54.6 Å². The number of carbonyl (C=O) groups is 2. The Hall–Kier alpha value is -3.26. The number of aliphatic carboxylic acids is 1. The van der Waals surface area contributed by atoms with Crippen LogP contribution in [0.1, 0.15) is 12.5 Å². The molecule has 0 aromatic heterocycles. The van der Waals surface area contributed by atoms with Gasteiger partial charge in [-0.3, -0.25) is 9.69 Å². The van der Waals surface area contributed by atoms with Crippen molar-refractivity contribution in [3.8, 4) is 11.5 Å². The molecule has 8 heteroatoms. The average Bonchev–Trinajstić information content (AvgIpc) is 2.96. The van der Waals surface area contributed by atoms with E-state index in [9.17, 15) is 9.59 Å². The van der Waals surface area contributed by atoms with Crippen LogP contribution in [0.2, 0.25) is 0 Å². The van der Waals surface area contributed by atoms with Crippen molar-refractivity contribution in [2.45, 2.75) is 6.92 Å². The molecule has 1 N–H and O–H groups in total. The quantitative estimate of drug-likeness (QED) is 0.696. The van der Waals surface area contributed by atoms with Crippen LogP contribution in [0.15, 0.2) is 58.4 Å². The number of likely N-dealkylation sites (N-methyl/N-ethyl adjacent to an activating group) is 1. The number of benzene rings is 2. The summed E-state index contributed by atoms with van der Waals surface area (Å²) in [4.78, 5) is 29.9. The number of nitrogens with zero attached hydrogens (tertiary/aromatic N) is 2. The van der Waals surface area contributed by atoms with E-state index in [1.165, 1.54) is 16.7 Å². The van der Waals surface area contributed by atoms with Crippen molar-refractivity contribution in [1.82, 2.24) is 4.90 Å². The van der Waals surface area contributed by atoms with Gasteiger partial charge in [0.25, 0.3) is 5.91 Å². The number of carboxylic acids is 1. The molecule has 0 bridgehead atoms. The second-order valence-corrected chi connectivity index (χ2v) is 7.04. The molecule has 0 saturated carbocycles. The number of carboxylic acid groups (broad SMARTS) is 1. The lowest BCUT2D eigenvalue weighted by Gasteiger charge is -2.11. The maximum Gasteiger partial charge on any atom is 0.341 e. The first-order valence-electron chi connectivity index (χ1n) is 8.90. The molecule has 3 rings (SSSR count). The van der Waals surface area contributed by atoms with E-state index in [0.717, 1.165) is 11.3 Å². The number of carbonyl (C=O) groups excluding carboxylic acids is 1. The highest BCUT2D eigenvalue weighted by Gasteiger charge is 2.30. The Bertz CT molecular complexity index is 972. The summed E-state index contributed by atoms with van der Waals surface area (Å²) in [6.07, 6.45) is 1.75. The smallest absolute Gasteiger partial charge is 0.341 e. The van der Waals surface area contributed by atoms with Gasteiger partial charge in [0.15, 0.2) is 23.3 Å². The van der Waals surface area contributed by atoms with E-state index in [1.807, 2.05) is 37.3 Å². The molecule has 1 amide bonds. The molecule has 1 saturated heterocycles. The minimum absolute atomic E-state index is 0.145. The third-order valence-corrected chi connectivity index (χ3v) is 4.96. The van der Waals surface area contributed by atoms with Gasteiger partial charge in [-0.2, -0.15) is 0 Å². The van der Waals surface area contributed by atoms with Crippen molar-refractivity contribution < 1.29 is 24.2 Å². The summed E-state index contributed by atoms with van der Waals surface area (Å²) in [5.74, 6) is -0.455. The van der Waals surface area contributed by atoms with Crippen molar-refractivity contribution in [2.75, 3.05) is 20.3 Å². The summed E-state index contributed by atoms with van der Waals surface area (Å²) in [6, 6.07) is 14.5. The molecule has 0 atom stereocenters. The fourth-order valence-electron chi connectivity index (χ4n) is 2.56. The Morgan fingerprint density at radius 3 is 2.62 bits per heavy atom. The highest BCUT2D eigenvalue weighted by Crippen LogP contribution is 2.35. The number of amides is 1. The molecular formula is C21H20N2O5S. The topological polar surface area (TPSA) is 88.4 Å². The highest BCUT2D eigenvalue weighted by atomic mass is 32.2. The van der Waals surface area contributed by atoms with Crippen LogP contribution in [0.4, 0.5) is 5.69 Å². The summed E-state index contributed by atoms with van der Waals surface area (Å²) in [7, 11) is 1.69. The first-order chi connectivity index (χ1) is 14.0. The maximum absolute atomic E-state index is 12.6. The molecule has 0 radical (unpaired) electrons. The maximum atomic E-state index is 12.6. The highest BCUT2D eigenvalue weighted by molar-refractivity contribution is 8.18. The van der Waals surface area contributed by atoms with Crippen LogP contribution in [0.5, 0.6) is 11.5 Å². The van der Waals surface area contributed by atoms with Gasteiger partial charge >= 0.3 is 5.97 Å². The van der Waals surface area contributed by atoms with Gasteiger partial charge in [0.2, 0.25) is 0 Å². The summed E-state index contributed by atoms with van der Waals surface area (Å²) in [6.45, 7) is 1.76. The van der Waals surface area contributed by atoms with Gasteiger partial charge < -0.3 is 14.6 Å². The standard InChI is InChI=1S/C21H20N2O5S/c1-3-27-17-11-14(9-10-16(17)28-13-19(24)25)12-18-20(26)23(2)21(29-18)22-15-7-5-4-6-8-15/h4-12H,3,13H2,1-2H3,(H,24,25)/b18-12+,22-21?. The van der Waals surface area contributed by atoms with Crippen LogP contribution in [-0.4, -0.2) is 47.3 Å². The molecule has 0 unspecified atom stereocenters. The monoisotopic (exact) mass is 412 g/mol. The van der Waals surface area contributed by atoms with Crippen LogP contribution in [-0.2, 0) is 9.59 Å². The number of thioether (sulfide) groups is 1. The second kappa shape index (κ2) is 9.29. The zero-order chi connectivity index (χ0) is 20.8. The molecule has 0 spiro atoms. The zero-order valence-electron chi connectivity index (χ0n) is 16.0. The van der Waals surface area contributed by atoms with E-state index >= 15 is 0 Å². The lowest BCUT2D eigenvalue weighted by Crippen LogP contribution is -2.23. The summed E-state index contributed by atoms with van der Waals surface area (Å²) in [5, 5.41) is 9.39. The van der Waals surface area contributed by atoms with E-state index in [2.05, 4.69) is 4.99 Å². The molecule has 1 heterocycles. The number of hydrogen-bond acceptors (Lipinski definition) is 6. The second-order valence-electron chi connectivity index (χ2n) is 6.03. The van der Waals surface area contributed by atoms with Crippen LogP contribution in [0.25, 0.3) is 6.08 Å². The predicted octanol–water partition coefficient (Wildman–Crippen LogP) is 3.78. The molecule has 2 aromatic carbocycles. The van der Waals surface area contributed by atoms with Crippen LogP contribution in [0, 0.1) is 0 Å². The van der Waals surface area contributed by atoms with Gasteiger partial charge in [0, 0.05) is 7.05 Å². The van der Waals surface area contributed by atoms with Crippen LogP contribution >= 0.6 is 11.8 Å². The third kappa shape index (κ3) is 5.17. The molecule has 1 fully saturated rings. The molecule has 0 aliphatic carbocycles. The van der Waals surface area contributed by atoms with E-state index < -0.39 is 12.6 Å². The van der Waals surface area contributed by atoms with Gasteiger partial charge in [-0.15, -0.1) is 0 Å². The summed E-state index contributed by atoms with van der Waals surface area (Å²) < 4.78 is 10.8. The van der Waals surface area contributed by atoms with Gasteiger partial charge in [0.1, 0.15) is 0 Å². The Morgan fingerprint density at radius 2 is 1.93 bits per heavy atom. The molecule has 1 aliphatic rings. The lowest BCUT2D eigenvalue weighted by atomic mass is 10.2. The Morgan fingerprint density at radius 1 is 1.17 bits per heavy atom. The fourth-order valence-corrected chi connectivity index (χ4v) is 3.54. The summed E-state index contributed by atoms with van der Waals surface area (Å²) in [5.41, 5.74) is 1.51. The summed E-state index contributed by atoms with van der Waals surface area (Å²) >= 11 is 1.29. The van der Waals surface area contributed by atoms with Gasteiger partial charge in [-0.25, -0.2) is 9.79 Å². The number of ether oxygens (including phenoxy) is 2. The largest absolute Gasteiger partial charge is 0.490 e. The fraction of sp³-hybridized carbons (Fsp3) is 0.190. The Balaban J connectivity index is 1.85. The van der Waals surface area contributed by atoms with Crippen LogP contribution < -0.4 is 9.47 Å². The third-order valence-electron chi connectivity index (χ3n) is 3.90. The molecular weight excluding hydrogens is 392 g/mol. The first-order valence-corrected chi connectivity index (χ1v) is 9.72. The average molecular weight is 412 g/mol. The van der Waals surface area contributed by atoms with Crippen molar-refractivity contribution in [2.24, 2.45) is 4.99 Å². The minimum Gasteiger partial charge on any atom is -0.490 e. The van der Waals surface area contributed by atoms with E-state index in [1.54, 1.807) is 31.3 Å². The first kappa shape index (κ1) is 20.5. The van der Waals surface area contributed by atoms with E-state index in [0.29, 0.717) is 28.2 Å². The number of rotatable bonds is 7. The molecule has 29 heavy (non-hydrogen) atoms. The number of aliphatic imine (C=N–C) groups is 1. The molecule has 7 nitrogen and oxygen atoms in total. The van der Waals surface area contributed by atoms with Crippen LogP contribution in [0.3, 0.4) is 0 Å². The molecule has 1 aliphatic heterocycles. The van der Waals surface area contributed by atoms with E-state index in [4.69, 9.17) is 14.6 Å². The van der Waals surface area contributed by atoms with Crippen molar-refractivity contribution in [3.05, 3.63) is 59.0 Å². The lowest BCUT2D eigenvalue weighted by molar-refractivity contribution is -0.139. The van der Waals surface area contributed by atoms with Crippen molar-refractivity contribution >= 4 is 40.6 Å². The van der Waals surface area contributed by atoms with Crippen molar-refractivity contribution in [1.29, 1.82) is 0 Å². The predicted molar refractivity (Wildman–Crippen MR) is 113 cm³/mol. The zero-order valence-corrected chi connectivity index (χ0v) is 16.8. The van der Waals surface area contributed by atoms with Gasteiger partial charge in [0.05, 0.1) is 17.2 Å². The van der Waals surface area contributed by atoms with Gasteiger partial charge in [-0.1, -0.05) is 24.3 Å². The molecule has 2 aromatic rings. The molecule has 150 valence electrons. The SMILES string of the molecule is CCOc1cc(/C=C2/SC(=Nc3ccccc3)N(C)C2=O)ccc1OCC(=O)O. The minimum atomic E-state index is -1.07. The Labute approximate surface area is 172 Å². The Kier molecular flexibility index (Phi) is 6.56. The number of amidine groups is 1. The normalized spacial score (nSPS) is 16.5. The number of para-hydroxylation sites is 1. The van der Waals surface area contributed by atoms with Crippen molar-refractivity contribution in [3.63, 3.8) is 0 Å². The number of hydrogen-bond donors (Lipinski definition) is 1. The van der Waals surface area contributed by atoms with E-state index in [-0.39, 0.29) is 5.91 Å².